The molecule has 0 radical (unpaired) electrons. The smallest absolute Gasteiger partial charge is 0.281 e. The minimum absolute atomic E-state index is 0.101. The first kappa shape index (κ1) is 31.6. The molecule has 49 heavy (non-hydrogen) atoms. The van der Waals surface area contributed by atoms with Crippen molar-refractivity contribution in [2.24, 2.45) is 11.8 Å². The highest BCUT2D eigenvalue weighted by Gasteiger charge is 2.59. The van der Waals surface area contributed by atoms with Crippen molar-refractivity contribution in [1.82, 2.24) is 4.90 Å². The molecule has 10 heteroatoms. The minimum atomic E-state index is -1.44. The van der Waals surface area contributed by atoms with E-state index in [-0.39, 0.29) is 23.3 Å². The highest BCUT2D eigenvalue weighted by atomic mass is 16.4. The van der Waals surface area contributed by atoms with Crippen LogP contribution in [0.1, 0.15) is 40.9 Å². The van der Waals surface area contributed by atoms with E-state index in [2.05, 4.69) is 12.1 Å². The number of β-lactam (4-membered cyclic amide) rings is 1. The number of fused-ring (bicyclic) bond motifs is 7. The van der Waals surface area contributed by atoms with Crippen molar-refractivity contribution < 1.29 is 38.4 Å². The molecule has 1 aliphatic carbocycles. The van der Waals surface area contributed by atoms with E-state index in [0.29, 0.717) is 28.8 Å². The van der Waals surface area contributed by atoms with Gasteiger partial charge in [-0.1, -0.05) is 43.3 Å². The van der Waals surface area contributed by atoms with Crippen molar-refractivity contribution >= 4 is 34.8 Å². The molecule has 5 aliphatic heterocycles. The van der Waals surface area contributed by atoms with E-state index >= 15 is 0 Å². The number of aliphatic carboxylic acids is 1. The van der Waals surface area contributed by atoms with Crippen LogP contribution >= 0.6 is 0 Å². The molecule has 2 amide bonds. The third-order valence-electron chi connectivity index (χ3n) is 12.2. The van der Waals surface area contributed by atoms with Gasteiger partial charge in [0.1, 0.15) is 45.8 Å². The normalized spacial score (nSPS) is 28.6. The van der Waals surface area contributed by atoms with Crippen molar-refractivity contribution in [2.75, 3.05) is 57.8 Å². The predicted molar refractivity (Wildman–Crippen MR) is 180 cm³/mol. The molecule has 2 bridgehead atoms. The van der Waals surface area contributed by atoms with Crippen LogP contribution in [-0.2, 0) is 20.9 Å². The van der Waals surface area contributed by atoms with Crippen LogP contribution in [-0.4, -0.2) is 108 Å². The van der Waals surface area contributed by atoms with Crippen LogP contribution in [0.2, 0.25) is 0 Å². The number of rotatable bonds is 8. The number of amides is 2. The van der Waals surface area contributed by atoms with Gasteiger partial charge >= 0.3 is 0 Å². The highest BCUT2D eigenvalue weighted by molar-refractivity contribution is 6.22. The van der Waals surface area contributed by atoms with Crippen molar-refractivity contribution in [3.05, 3.63) is 94.7 Å². The van der Waals surface area contributed by atoms with Crippen molar-refractivity contribution in [1.29, 1.82) is 0 Å². The van der Waals surface area contributed by atoms with E-state index in [1.807, 2.05) is 62.5 Å². The molecule has 9 rings (SSSR count). The Morgan fingerprint density at radius 2 is 1.55 bits per heavy atom. The number of quaternary nitrogens is 2. The zero-order valence-corrected chi connectivity index (χ0v) is 28.1. The lowest BCUT2D eigenvalue weighted by Gasteiger charge is -2.55. The molecule has 0 aromatic heterocycles. The SMILES string of the molecule is C[C@@H](O)[C@H]1C(=O)N2C(C(=O)[O-])=C(c3ccc4c(c3)C(=O)c3ccc(C[N+]56CC[N+](CC(=O)N(C)c7ccccc7)(CC5)CC6)cc3-4)[C@H](C)[C@H]12. The number of piperazine rings is 3. The lowest BCUT2D eigenvalue weighted by Crippen LogP contribution is -2.75. The van der Waals surface area contributed by atoms with Gasteiger partial charge in [0.2, 0.25) is 5.91 Å². The number of carbonyl (C=O) groups is 4. The molecule has 252 valence electrons. The van der Waals surface area contributed by atoms with Crippen LogP contribution < -0.4 is 10.0 Å². The van der Waals surface area contributed by atoms with Gasteiger partial charge in [-0.2, -0.15) is 0 Å². The lowest BCUT2D eigenvalue weighted by molar-refractivity contribution is -1.08. The molecule has 4 saturated heterocycles. The number of ketones is 1. The Morgan fingerprint density at radius 3 is 2.20 bits per heavy atom. The number of nitrogens with zero attached hydrogens (tertiary/aromatic N) is 4. The molecule has 3 aromatic carbocycles. The Kier molecular flexibility index (Phi) is 7.22. The molecule has 0 spiro atoms. The second-order valence-corrected chi connectivity index (χ2v) is 14.9. The first-order valence-corrected chi connectivity index (χ1v) is 17.2. The second kappa shape index (κ2) is 11.2. The quantitative estimate of drug-likeness (QED) is 0.228. The molecular formula is C39H41N4O6+. The standard InChI is InChI=1S/C39H41N4O6/c1-23-33(36(39(48)49)41-35(23)34(24(2)44)38(41)47)26-10-12-28-30-19-25(9-11-29(30)37(46)31(28)20-26)21-42-13-16-43(17-14-42,18-15-42)22-32(45)40(3)27-7-5-4-6-8-27/h4-12,19-20,23-24,34-35,44H,13-18,21-22H2,1-3H3/q+1/t23-,24+,34+,35+,42?,43?/m0/s1. The molecule has 4 atom stereocenters. The van der Waals surface area contributed by atoms with Crippen LogP contribution in [0.5, 0.6) is 0 Å². The van der Waals surface area contributed by atoms with Crippen LogP contribution in [0.25, 0.3) is 16.7 Å². The number of carboxylic acid groups (broad SMARTS) is 1. The van der Waals surface area contributed by atoms with Gasteiger partial charge in [-0.05, 0) is 59.5 Å². The molecule has 1 N–H and O–H groups in total. The fourth-order valence-corrected chi connectivity index (χ4v) is 9.33. The Hall–Kier alpha value is -4.64. The summed E-state index contributed by atoms with van der Waals surface area (Å²) in [6, 6.07) is 20.9. The average Bonchev–Trinajstić information content (AvgIpc) is 3.52. The third kappa shape index (κ3) is 4.80. The number of aliphatic hydroxyl groups is 1. The van der Waals surface area contributed by atoms with Gasteiger partial charge < -0.3 is 33.8 Å². The number of anilines is 1. The van der Waals surface area contributed by atoms with Crippen molar-refractivity contribution in [3.63, 3.8) is 0 Å². The number of para-hydroxylation sites is 1. The Labute approximate surface area is 285 Å². The summed E-state index contributed by atoms with van der Waals surface area (Å²) in [6.07, 6.45) is -0.901. The monoisotopic (exact) mass is 661 g/mol. The Balaban J connectivity index is 1.00. The van der Waals surface area contributed by atoms with Gasteiger partial charge in [0.15, 0.2) is 12.3 Å². The molecule has 0 unspecified atom stereocenters. The zero-order valence-electron chi connectivity index (χ0n) is 28.1. The topological polar surface area (TPSA) is 118 Å². The van der Waals surface area contributed by atoms with Gasteiger partial charge in [-0.3, -0.25) is 14.4 Å². The number of hydrogen-bond donors (Lipinski definition) is 1. The molecular weight excluding hydrogens is 620 g/mol. The first-order valence-electron chi connectivity index (χ1n) is 17.2. The van der Waals surface area contributed by atoms with Crippen LogP contribution in [0.15, 0.2) is 72.4 Å². The van der Waals surface area contributed by atoms with Crippen molar-refractivity contribution in [2.45, 2.75) is 32.5 Å². The number of carboxylic acids is 1. The summed E-state index contributed by atoms with van der Waals surface area (Å²) in [5.41, 5.74) is 5.81. The third-order valence-corrected chi connectivity index (χ3v) is 12.2. The maximum Gasteiger partial charge on any atom is 0.281 e. The zero-order chi connectivity index (χ0) is 34.4. The highest BCUT2D eigenvalue weighted by Crippen LogP contribution is 2.51. The Morgan fingerprint density at radius 1 is 0.898 bits per heavy atom. The van der Waals surface area contributed by atoms with Crippen LogP contribution in [0.3, 0.4) is 0 Å². The summed E-state index contributed by atoms with van der Waals surface area (Å²) in [6.45, 7) is 10.7. The molecule has 5 heterocycles. The number of benzene rings is 3. The second-order valence-electron chi connectivity index (χ2n) is 14.9. The van der Waals surface area contributed by atoms with Gasteiger partial charge in [-0.15, -0.1) is 0 Å². The van der Waals surface area contributed by atoms with E-state index in [1.54, 1.807) is 17.9 Å². The maximum atomic E-state index is 13.7. The molecule has 4 fully saturated rings. The summed E-state index contributed by atoms with van der Waals surface area (Å²) in [4.78, 5) is 55.1. The van der Waals surface area contributed by atoms with Gasteiger partial charge in [-0.25, -0.2) is 0 Å². The van der Waals surface area contributed by atoms with E-state index in [9.17, 15) is 29.4 Å². The van der Waals surface area contributed by atoms with E-state index in [1.165, 1.54) is 10.5 Å². The fourth-order valence-electron chi connectivity index (χ4n) is 9.33. The average molecular weight is 662 g/mol. The van der Waals surface area contributed by atoms with Crippen molar-refractivity contribution in [3.8, 4) is 11.1 Å². The molecule has 3 aromatic rings. The number of likely N-dealkylation sites (N-methyl/N-ethyl adjacent to an activating group) is 1. The minimum Gasteiger partial charge on any atom is -0.543 e. The van der Waals surface area contributed by atoms with Crippen LogP contribution in [0, 0.1) is 11.8 Å². The molecule has 0 saturated carbocycles. The van der Waals surface area contributed by atoms with E-state index in [0.717, 1.165) is 71.6 Å². The number of carbonyl (C=O) groups excluding carboxylic acids is 4. The van der Waals surface area contributed by atoms with Crippen LogP contribution in [0.4, 0.5) is 5.69 Å². The largest absolute Gasteiger partial charge is 0.543 e. The van der Waals surface area contributed by atoms with Gasteiger partial charge in [0.25, 0.3) is 5.91 Å². The summed E-state index contributed by atoms with van der Waals surface area (Å²) < 4.78 is 1.81. The van der Waals surface area contributed by atoms with Gasteiger partial charge in [0, 0.05) is 35.3 Å². The fraction of sp³-hybridized carbons (Fsp3) is 0.385. The number of aliphatic hydroxyl groups excluding tert-OH is 1. The lowest BCUT2D eigenvalue weighted by atomic mass is 9.76. The van der Waals surface area contributed by atoms with Gasteiger partial charge in [0.05, 0.1) is 29.7 Å². The number of hydrogen-bond acceptors (Lipinski definition) is 6. The first-order chi connectivity index (χ1) is 23.4. The Bertz CT molecular complexity index is 1940. The molecule has 6 aliphatic rings. The summed E-state index contributed by atoms with van der Waals surface area (Å²) in [5.74, 6) is -2.83. The summed E-state index contributed by atoms with van der Waals surface area (Å²) >= 11 is 0. The van der Waals surface area contributed by atoms with E-state index < -0.39 is 29.9 Å². The summed E-state index contributed by atoms with van der Waals surface area (Å²) in [7, 11) is 1.86. The summed E-state index contributed by atoms with van der Waals surface area (Å²) in [5, 5.41) is 22.5. The maximum absolute atomic E-state index is 13.7. The molecule has 10 nitrogen and oxygen atoms in total. The van der Waals surface area contributed by atoms with E-state index in [4.69, 9.17) is 0 Å². The predicted octanol–water partition coefficient (Wildman–Crippen LogP) is 2.04.